The minimum atomic E-state index is 0.457. The van der Waals surface area contributed by atoms with Gasteiger partial charge in [-0.25, -0.2) is 0 Å². The molecule has 106 valence electrons. The van der Waals surface area contributed by atoms with Crippen LogP contribution in [0.2, 0.25) is 0 Å². The first-order valence-electron chi connectivity index (χ1n) is 6.77. The van der Waals surface area contributed by atoms with Gasteiger partial charge in [-0.3, -0.25) is 0 Å². The van der Waals surface area contributed by atoms with E-state index in [0.717, 1.165) is 16.0 Å². The zero-order valence-corrected chi connectivity index (χ0v) is 13.4. The van der Waals surface area contributed by atoms with Crippen molar-refractivity contribution in [2.45, 2.75) is 19.8 Å². The van der Waals surface area contributed by atoms with Gasteiger partial charge in [0.15, 0.2) is 0 Å². The molecule has 3 heteroatoms. The van der Waals surface area contributed by atoms with Gasteiger partial charge >= 0.3 is 0 Å². The van der Waals surface area contributed by atoms with Crippen molar-refractivity contribution in [2.75, 3.05) is 13.2 Å². The van der Waals surface area contributed by atoms with E-state index in [1.165, 1.54) is 5.56 Å². The zero-order valence-electron chi connectivity index (χ0n) is 11.8. The lowest BCUT2D eigenvalue weighted by Crippen LogP contribution is -2.10. The highest BCUT2D eigenvalue weighted by molar-refractivity contribution is 9.10. The van der Waals surface area contributed by atoms with Gasteiger partial charge in [-0.2, -0.15) is 0 Å². The number of hydrogen-bond donors (Lipinski definition) is 0. The molecule has 0 radical (unpaired) electrons. The topological polar surface area (TPSA) is 18.5 Å². The van der Waals surface area contributed by atoms with Gasteiger partial charge in [-0.1, -0.05) is 48.0 Å². The Bertz CT molecular complexity index is 535. The molecule has 0 N–H and O–H groups in total. The summed E-state index contributed by atoms with van der Waals surface area (Å²) < 4.78 is 12.5. The Labute approximate surface area is 128 Å². The van der Waals surface area contributed by atoms with Crippen LogP contribution in [0, 0.1) is 0 Å². The minimum Gasteiger partial charge on any atom is -0.490 e. The van der Waals surface area contributed by atoms with E-state index < -0.39 is 0 Å². The van der Waals surface area contributed by atoms with Crippen LogP contribution < -0.4 is 9.47 Å². The molecule has 2 aromatic rings. The lowest BCUT2D eigenvalue weighted by molar-refractivity contribution is 0.215. The van der Waals surface area contributed by atoms with Crippen molar-refractivity contribution in [1.29, 1.82) is 0 Å². The van der Waals surface area contributed by atoms with Gasteiger partial charge < -0.3 is 9.47 Å². The van der Waals surface area contributed by atoms with Crippen LogP contribution in [0.25, 0.3) is 0 Å². The van der Waals surface area contributed by atoms with E-state index in [1.54, 1.807) is 0 Å². The fourth-order valence-corrected chi connectivity index (χ4v) is 2.20. The molecule has 0 aliphatic carbocycles. The molecule has 0 fully saturated rings. The second kappa shape index (κ2) is 7.34. The molecule has 2 aromatic carbocycles. The highest BCUT2D eigenvalue weighted by atomic mass is 79.9. The van der Waals surface area contributed by atoms with Crippen molar-refractivity contribution in [3.8, 4) is 11.5 Å². The Balaban J connectivity index is 1.83. The molecule has 0 amide bonds. The van der Waals surface area contributed by atoms with Gasteiger partial charge in [-0.15, -0.1) is 0 Å². The van der Waals surface area contributed by atoms with E-state index >= 15 is 0 Å². The monoisotopic (exact) mass is 334 g/mol. The lowest BCUT2D eigenvalue weighted by atomic mass is 10.0. The fourth-order valence-electron chi connectivity index (χ4n) is 1.93. The summed E-state index contributed by atoms with van der Waals surface area (Å²) >= 11 is 3.40. The SMILES string of the molecule is CC(C)c1ccccc1OCCOc1ccc(Br)cc1. The van der Waals surface area contributed by atoms with Crippen molar-refractivity contribution in [1.82, 2.24) is 0 Å². The van der Waals surface area contributed by atoms with Crippen molar-refractivity contribution >= 4 is 15.9 Å². The van der Waals surface area contributed by atoms with E-state index in [2.05, 4.69) is 35.8 Å². The number of hydrogen-bond acceptors (Lipinski definition) is 2. The third-order valence-electron chi connectivity index (χ3n) is 2.96. The molecule has 0 aromatic heterocycles. The molecule has 0 unspecified atom stereocenters. The van der Waals surface area contributed by atoms with Crippen LogP contribution in [0.1, 0.15) is 25.3 Å². The number of halogens is 1. The molecule has 0 aliphatic rings. The molecule has 0 heterocycles. The Morgan fingerprint density at radius 2 is 1.55 bits per heavy atom. The van der Waals surface area contributed by atoms with Crippen LogP contribution in [-0.2, 0) is 0 Å². The molecule has 20 heavy (non-hydrogen) atoms. The van der Waals surface area contributed by atoms with Gasteiger partial charge in [0.2, 0.25) is 0 Å². The highest BCUT2D eigenvalue weighted by Crippen LogP contribution is 2.25. The first-order valence-corrected chi connectivity index (χ1v) is 7.56. The first-order chi connectivity index (χ1) is 9.66. The summed E-state index contributed by atoms with van der Waals surface area (Å²) in [6.45, 7) is 5.41. The fraction of sp³-hybridized carbons (Fsp3) is 0.294. The van der Waals surface area contributed by atoms with Gasteiger partial charge in [-0.05, 0) is 41.8 Å². The molecule has 0 atom stereocenters. The molecule has 0 bridgehead atoms. The summed E-state index contributed by atoms with van der Waals surface area (Å²) in [6.07, 6.45) is 0. The quantitative estimate of drug-likeness (QED) is 0.689. The Morgan fingerprint density at radius 1 is 0.900 bits per heavy atom. The van der Waals surface area contributed by atoms with Crippen molar-refractivity contribution in [3.05, 3.63) is 58.6 Å². The Hall–Kier alpha value is -1.48. The van der Waals surface area contributed by atoms with Gasteiger partial charge in [0.1, 0.15) is 24.7 Å². The van der Waals surface area contributed by atoms with E-state index in [1.807, 2.05) is 42.5 Å². The van der Waals surface area contributed by atoms with Gasteiger partial charge in [0, 0.05) is 4.47 Å². The molecule has 0 aliphatic heterocycles. The molecular weight excluding hydrogens is 316 g/mol. The maximum atomic E-state index is 5.81. The Kier molecular flexibility index (Phi) is 5.48. The summed E-state index contributed by atoms with van der Waals surface area (Å²) in [6, 6.07) is 16.0. The predicted octanol–water partition coefficient (Wildman–Crippen LogP) is 5.03. The number of rotatable bonds is 6. The molecule has 0 saturated heterocycles. The van der Waals surface area contributed by atoms with Crippen LogP contribution >= 0.6 is 15.9 Å². The lowest BCUT2D eigenvalue weighted by Gasteiger charge is -2.14. The Morgan fingerprint density at radius 3 is 2.25 bits per heavy atom. The summed E-state index contributed by atoms with van der Waals surface area (Å²) in [4.78, 5) is 0. The van der Waals surface area contributed by atoms with E-state index in [4.69, 9.17) is 9.47 Å². The van der Waals surface area contributed by atoms with Crippen molar-refractivity contribution in [2.24, 2.45) is 0 Å². The third kappa shape index (κ3) is 4.27. The van der Waals surface area contributed by atoms with Gasteiger partial charge in [0.25, 0.3) is 0 Å². The summed E-state index contributed by atoms with van der Waals surface area (Å²) in [5.41, 5.74) is 1.23. The number of benzene rings is 2. The summed E-state index contributed by atoms with van der Waals surface area (Å²) in [5, 5.41) is 0. The second-order valence-electron chi connectivity index (χ2n) is 4.84. The summed E-state index contributed by atoms with van der Waals surface area (Å²) in [5.74, 6) is 2.26. The predicted molar refractivity (Wildman–Crippen MR) is 85.7 cm³/mol. The van der Waals surface area contributed by atoms with Crippen molar-refractivity contribution < 1.29 is 9.47 Å². The van der Waals surface area contributed by atoms with Crippen LogP contribution in [-0.4, -0.2) is 13.2 Å². The molecular formula is C17H19BrO2. The normalized spacial score (nSPS) is 10.6. The smallest absolute Gasteiger partial charge is 0.122 e. The second-order valence-corrected chi connectivity index (χ2v) is 5.76. The standard InChI is InChI=1S/C17H19BrO2/c1-13(2)16-5-3-4-6-17(16)20-12-11-19-15-9-7-14(18)8-10-15/h3-10,13H,11-12H2,1-2H3. The largest absolute Gasteiger partial charge is 0.490 e. The molecule has 0 spiro atoms. The van der Waals surface area contributed by atoms with Crippen LogP contribution in [0.4, 0.5) is 0 Å². The highest BCUT2D eigenvalue weighted by Gasteiger charge is 2.06. The third-order valence-corrected chi connectivity index (χ3v) is 3.49. The van der Waals surface area contributed by atoms with Crippen LogP contribution in [0.3, 0.4) is 0 Å². The molecule has 0 saturated carbocycles. The zero-order chi connectivity index (χ0) is 14.4. The van der Waals surface area contributed by atoms with Crippen molar-refractivity contribution in [3.63, 3.8) is 0 Å². The molecule has 2 rings (SSSR count). The maximum Gasteiger partial charge on any atom is 0.122 e. The first kappa shape index (κ1) is 14.9. The van der Waals surface area contributed by atoms with Gasteiger partial charge in [0.05, 0.1) is 0 Å². The average Bonchev–Trinajstić information content (AvgIpc) is 2.46. The van der Waals surface area contributed by atoms with E-state index in [0.29, 0.717) is 19.1 Å². The maximum absolute atomic E-state index is 5.81. The number of ether oxygens (including phenoxy) is 2. The van der Waals surface area contributed by atoms with Crippen LogP contribution in [0.5, 0.6) is 11.5 Å². The van der Waals surface area contributed by atoms with Crippen LogP contribution in [0.15, 0.2) is 53.0 Å². The summed E-state index contributed by atoms with van der Waals surface area (Å²) in [7, 11) is 0. The van der Waals surface area contributed by atoms with E-state index in [-0.39, 0.29) is 0 Å². The van der Waals surface area contributed by atoms with E-state index in [9.17, 15) is 0 Å². The number of para-hydroxylation sites is 1. The minimum absolute atomic E-state index is 0.457. The molecule has 2 nitrogen and oxygen atoms in total. The average molecular weight is 335 g/mol.